The van der Waals surface area contributed by atoms with Crippen LogP contribution in [0.1, 0.15) is 10.4 Å². The summed E-state index contributed by atoms with van der Waals surface area (Å²) in [4.78, 5) is 24.0. The summed E-state index contributed by atoms with van der Waals surface area (Å²) in [6.45, 7) is -0.621. The van der Waals surface area contributed by atoms with E-state index in [9.17, 15) is 18.0 Å². The van der Waals surface area contributed by atoms with Gasteiger partial charge in [-0.2, -0.15) is 0 Å². The Hall–Kier alpha value is -1.84. The molecule has 0 aromatic heterocycles. The van der Waals surface area contributed by atoms with Gasteiger partial charge in [0.05, 0.1) is 21.2 Å². The SMILES string of the molecule is CN(C)S(=O)(=O)c1ccc(Cl)c(NC(=O)COC(=O)c2cc(Cl)cc(Cl)c2)c1. The van der Waals surface area contributed by atoms with Gasteiger partial charge in [-0.1, -0.05) is 34.8 Å². The van der Waals surface area contributed by atoms with Gasteiger partial charge in [0.1, 0.15) is 0 Å². The zero-order valence-electron chi connectivity index (χ0n) is 14.7. The van der Waals surface area contributed by atoms with Crippen molar-refractivity contribution in [3.8, 4) is 0 Å². The van der Waals surface area contributed by atoms with E-state index in [4.69, 9.17) is 39.5 Å². The van der Waals surface area contributed by atoms with Gasteiger partial charge in [-0.3, -0.25) is 4.79 Å². The Morgan fingerprint density at radius 1 is 1.04 bits per heavy atom. The molecule has 0 aliphatic rings. The Kier molecular flexibility index (Phi) is 7.30. The highest BCUT2D eigenvalue weighted by Gasteiger charge is 2.19. The number of hydrogen-bond acceptors (Lipinski definition) is 5. The van der Waals surface area contributed by atoms with Crippen LogP contribution in [0.2, 0.25) is 15.1 Å². The molecule has 2 aromatic rings. The van der Waals surface area contributed by atoms with Crippen molar-refractivity contribution in [2.45, 2.75) is 4.90 Å². The number of esters is 1. The average Bonchev–Trinajstić information content (AvgIpc) is 2.60. The van der Waals surface area contributed by atoms with Crippen molar-refractivity contribution in [2.75, 3.05) is 26.0 Å². The average molecular weight is 466 g/mol. The molecule has 0 unspecified atom stereocenters. The van der Waals surface area contributed by atoms with E-state index in [-0.39, 0.29) is 31.2 Å². The summed E-state index contributed by atoms with van der Waals surface area (Å²) in [7, 11) is -0.951. The first-order valence-electron chi connectivity index (χ1n) is 7.66. The van der Waals surface area contributed by atoms with Crippen LogP contribution in [0.5, 0.6) is 0 Å². The summed E-state index contributed by atoms with van der Waals surface area (Å²) in [5.74, 6) is -1.50. The van der Waals surface area contributed by atoms with E-state index in [1.165, 1.54) is 50.5 Å². The Labute approximate surface area is 177 Å². The first kappa shape index (κ1) is 22.4. The van der Waals surface area contributed by atoms with Gasteiger partial charge < -0.3 is 10.1 Å². The van der Waals surface area contributed by atoms with Crippen LogP contribution in [-0.4, -0.2) is 45.3 Å². The standard InChI is InChI=1S/C17H15Cl3N2O5S/c1-22(2)28(25,26)13-3-4-14(20)15(8-13)21-16(23)9-27-17(24)10-5-11(18)7-12(19)6-10/h3-8H,9H2,1-2H3,(H,21,23). The fourth-order valence-electron chi connectivity index (χ4n) is 2.04. The summed E-state index contributed by atoms with van der Waals surface area (Å²) < 4.78 is 30.3. The number of hydrogen-bond donors (Lipinski definition) is 1. The number of benzene rings is 2. The first-order chi connectivity index (χ1) is 13.0. The number of sulfonamides is 1. The van der Waals surface area contributed by atoms with Gasteiger partial charge in [0.15, 0.2) is 6.61 Å². The van der Waals surface area contributed by atoms with Crippen molar-refractivity contribution in [2.24, 2.45) is 0 Å². The lowest BCUT2D eigenvalue weighted by Gasteiger charge is -2.14. The van der Waals surface area contributed by atoms with Crippen LogP contribution in [0, 0.1) is 0 Å². The number of carbonyl (C=O) groups is 2. The molecule has 7 nitrogen and oxygen atoms in total. The van der Waals surface area contributed by atoms with Crippen LogP contribution in [0.15, 0.2) is 41.3 Å². The van der Waals surface area contributed by atoms with E-state index in [0.717, 1.165) is 4.31 Å². The molecule has 0 saturated carbocycles. The minimum absolute atomic E-state index is 0.0530. The van der Waals surface area contributed by atoms with E-state index in [0.29, 0.717) is 0 Å². The predicted octanol–water partition coefficient (Wildman–Crippen LogP) is 3.69. The van der Waals surface area contributed by atoms with Crippen LogP contribution >= 0.6 is 34.8 Å². The van der Waals surface area contributed by atoms with Gasteiger partial charge in [0.25, 0.3) is 5.91 Å². The van der Waals surface area contributed by atoms with Crippen LogP contribution in [0.3, 0.4) is 0 Å². The third kappa shape index (κ3) is 5.59. The number of anilines is 1. The Morgan fingerprint density at radius 2 is 1.64 bits per heavy atom. The molecule has 0 bridgehead atoms. The molecule has 1 N–H and O–H groups in total. The molecule has 150 valence electrons. The van der Waals surface area contributed by atoms with E-state index >= 15 is 0 Å². The van der Waals surface area contributed by atoms with Crippen molar-refractivity contribution in [1.29, 1.82) is 0 Å². The molecule has 0 heterocycles. The first-order valence-corrected chi connectivity index (χ1v) is 10.2. The van der Waals surface area contributed by atoms with Crippen LogP contribution in [-0.2, 0) is 19.6 Å². The molecule has 28 heavy (non-hydrogen) atoms. The van der Waals surface area contributed by atoms with E-state index in [1.54, 1.807) is 0 Å². The fourth-order valence-corrected chi connectivity index (χ4v) is 3.66. The molecule has 2 aromatic carbocycles. The summed E-state index contributed by atoms with van der Waals surface area (Å²) in [5.41, 5.74) is 0.152. The number of rotatable bonds is 6. The molecule has 0 spiro atoms. The second-order valence-electron chi connectivity index (χ2n) is 5.71. The number of amides is 1. The highest BCUT2D eigenvalue weighted by atomic mass is 35.5. The monoisotopic (exact) mass is 464 g/mol. The number of nitrogens with one attached hydrogen (secondary N) is 1. The Morgan fingerprint density at radius 3 is 2.21 bits per heavy atom. The quantitative estimate of drug-likeness (QED) is 0.657. The van der Waals surface area contributed by atoms with Crippen molar-refractivity contribution in [1.82, 2.24) is 4.31 Å². The zero-order valence-corrected chi connectivity index (χ0v) is 17.8. The third-order valence-electron chi connectivity index (χ3n) is 3.42. The topological polar surface area (TPSA) is 92.8 Å². The molecule has 0 radical (unpaired) electrons. The summed E-state index contributed by atoms with van der Waals surface area (Å²) in [6.07, 6.45) is 0. The molecular weight excluding hydrogens is 451 g/mol. The lowest BCUT2D eigenvalue weighted by atomic mass is 10.2. The van der Waals surface area contributed by atoms with Crippen molar-refractivity contribution in [3.63, 3.8) is 0 Å². The maximum Gasteiger partial charge on any atom is 0.338 e. The Balaban J connectivity index is 2.08. The van der Waals surface area contributed by atoms with Crippen molar-refractivity contribution < 1.29 is 22.7 Å². The minimum atomic E-state index is -3.71. The normalized spacial score (nSPS) is 11.4. The second-order valence-corrected chi connectivity index (χ2v) is 9.14. The summed E-state index contributed by atoms with van der Waals surface area (Å²) in [6, 6.07) is 8.02. The van der Waals surface area contributed by atoms with E-state index in [2.05, 4.69) is 5.32 Å². The van der Waals surface area contributed by atoms with Crippen LogP contribution in [0.4, 0.5) is 5.69 Å². The third-order valence-corrected chi connectivity index (χ3v) is 6.00. The van der Waals surface area contributed by atoms with Crippen molar-refractivity contribution >= 4 is 62.4 Å². The molecule has 0 aliphatic carbocycles. The summed E-state index contributed by atoms with van der Waals surface area (Å²) in [5, 5.41) is 3.02. The van der Waals surface area contributed by atoms with Crippen LogP contribution < -0.4 is 5.32 Å². The van der Waals surface area contributed by atoms with Gasteiger partial charge in [0.2, 0.25) is 10.0 Å². The van der Waals surface area contributed by atoms with Crippen molar-refractivity contribution in [3.05, 3.63) is 57.0 Å². The van der Waals surface area contributed by atoms with Gasteiger partial charge >= 0.3 is 5.97 Å². The van der Waals surface area contributed by atoms with Crippen LogP contribution in [0.25, 0.3) is 0 Å². The molecular formula is C17H15Cl3N2O5S. The van der Waals surface area contributed by atoms with Gasteiger partial charge in [-0.25, -0.2) is 17.5 Å². The molecule has 1 amide bonds. The lowest BCUT2D eigenvalue weighted by Crippen LogP contribution is -2.23. The maximum absolute atomic E-state index is 12.2. The smallest absolute Gasteiger partial charge is 0.338 e. The number of ether oxygens (including phenoxy) is 1. The molecule has 2 rings (SSSR count). The number of nitrogens with zero attached hydrogens (tertiary/aromatic N) is 1. The largest absolute Gasteiger partial charge is 0.452 e. The van der Waals surface area contributed by atoms with Gasteiger partial charge in [-0.05, 0) is 36.4 Å². The molecule has 0 atom stereocenters. The molecule has 0 fully saturated rings. The van der Waals surface area contributed by atoms with Gasteiger partial charge in [0, 0.05) is 24.1 Å². The predicted molar refractivity (Wildman–Crippen MR) is 108 cm³/mol. The fraction of sp³-hybridized carbons (Fsp3) is 0.176. The number of halogens is 3. The number of carbonyl (C=O) groups excluding carboxylic acids is 2. The second kappa shape index (κ2) is 9.11. The Bertz CT molecular complexity index is 1010. The minimum Gasteiger partial charge on any atom is -0.452 e. The molecule has 0 aliphatic heterocycles. The van der Waals surface area contributed by atoms with Gasteiger partial charge in [-0.15, -0.1) is 0 Å². The lowest BCUT2D eigenvalue weighted by molar-refractivity contribution is -0.119. The highest BCUT2D eigenvalue weighted by Crippen LogP contribution is 2.26. The highest BCUT2D eigenvalue weighted by molar-refractivity contribution is 7.89. The molecule has 0 saturated heterocycles. The summed E-state index contributed by atoms with van der Waals surface area (Å²) >= 11 is 17.6. The van der Waals surface area contributed by atoms with E-state index in [1.807, 2.05) is 0 Å². The zero-order chi connectivity index (χ0) is 21.1. The maximum atomic E-state index is 12.2. The van der Waals surface area contributed by atoms with E-state index < -0.39 is 28.5 Å². The molecule has 11 heteroatoms.